The Morgan fingerprint density at radius 2 is 1.81 bits per heavy atom. The molecule has 0 saturated heterocycles. The molecule has 1 aromatic heterocycles. The predicted octanol–water partition coefficient (Wildman–Crippen LogP) is 3.22. The highest BCUT2D eigenvalue weighted by molar-refractivity contribution is 5.56. The highest BCUT2D eigenvalue weighted by Crippen LogP contribution is 2.23. The zero-order valence-electron chi connectivity index (χ0n) is 12.1. The van der Waals surface area contributed by atoms with E-state index in [0.717, 1.165) is 24.5 Å². The molecule has 0 atom stereocenters. The fourth-order valence-electron chi connectivity index (χ4n) is 2.06. The Labute approximate surface area is 122 Å². The van der Waals surface area contributed by atoms with Crippen molar-refractivity contribution in [1.82, 2.24) is 14.5 Å². The van der Waals surface area contributed by atoms with E-state index in [4.69, 9.17) is 0 Å². The zero-order valence-corrected chi connectivity index (χ0v) is 12.1. The maximum atomic E-state index is 12.3. The lowest BCUT2D eigenvalue weighted by Crippen LogP contribution is -2.18. The fraction of sp³-hybridized carbons (Fsp3) is 0.400. The first kappa shape index (κ1) is 15.6. The predicted molar refractivity (Wildman–Crippen MR) is 76.0 cm³/mol. The van der Waals surface area contributed by atoms with Gasteiger partial charge in [0.05, 0.1) is 6.42 Å². The third-order valence-electron chi connectivity index (χ3n) is 3.12. The summed E-state index contributed by atoms with van der Waals surface area (Å²) in [6.07, 6.45) is -1.49. The Morgan fingerprint density at radius 1 is 1.14 bits per heavy atom. The number of hydrogen-bond donors (Lipinski definition) is 0. The third kappa shape index (κ3) is 4.60. The monoisotopic (exact) mass is 297 g/mol. The molecule has 21 heavy (non-hydrogen) atoms. The second-order valence-electron chi connectivity index (χ2n) is 5.24. The second-order valence-corrected chi connectivity index (χ2v) is 5.24. The number of benzene rings is 1. The number of imidazole rings is 1. The molecule has 6 heteroatoms. The van der Waals surface area contributed by atoms with E-state index in [1.807, 2.05) is 24.9 Å². The van der Waals surface area contributed by atoms with Gasteiger partial charge in [-0.1, -0.05) is 24.3 Å². The standard InChI is InChI=1S/C15H18F3N3/c1-20(2)9-10-21-8-7-19-14(21)13-5-3-12(4-6-13)11-15(16,17)18/h3-8H,9-11H2,1-2H3. The van der Waals surface area contributed by atoms with Gasteiger partial charge in [-0.25, -0.2) is 4.98 Å². The van der Waals surface area contributed by atoms with Gasteiger partial charge in [0.1, 0.15) is 5.82 Å². The van der Waals surface area contributed by atoms with Crippen LogP contribution in [0.5, 0.6) is 0 Å². The summed E-state index contributed by atoms with van der Waals surface area (Å²) in [5.41, 5.74) is 1.09. The molecule has 0 amide bonds. The molecule has 0 bridgehead atoms. The van der Waals surface area contributed by atoms with E-state index in [0.29, 0.717) is 0 Å². The van der Waals surface area contributed by atoms with Crippen LogP contribution in [0.25, 0.3) is 11.4 Å². The fourth-order valence-corrected chi connectivity index (χ4v) is 2.06. The van der Waals surface area contributed by atoms with Gasteiger partial charge in [-0.15, -0.1) is 0 Å². The van der Waals surface area contributed by atoms with Gasteiger partial charge < -0.3 is 9.47 Å². The number of alkyl halides is 3. The molecular formula is C15H18F3N3. The van der Waals surface area contributed by atoms with Gasteiger partial charge in [-0.2, -0.15) is 13.2 Å². The van der Waals surface area contributed by atoms with Crippen molar-refractivity contribution >= 4 is 0 Å². The molecule has 2 aromatic rings. The minimum atomic E-state index is -4.17. The molecule has 0 fully saturated rings. The molecule has 3 nitrogen and oxygen atoms in total. The lowest BCUT2D eigenvalue weighted by molar-refractivity contribution is -0.127. The molecule has 2 rings (SSSR count). The Balaban J connectivity index is 2.14. The van der Waals surface area contributed by atoms with E-state index in [9.17, 15) is 13.2 Å². The smallest absolute Gasteiger partial charge is 0.330 e. The van der Waals surface area contributed by atoms with Crippen molar-refractivity contribution in [2.45, 2.75) is 19.1 Å². The third-order valence-corrected chi connectivity index (χ3v) is 3.12. The number of halogens is 3. The number of hydrogen-bond acceptors (Lipinski definition) is 2. The van der Waals surface area contributed by atoms with Crippen LogP contribution in [0.1, 0.15) is 5.56 Å². The molecule has 0 aliphatic heterocycles. The first-order chi connectivity index (χ1) is 9.85. The zero-order chi connectivity index (χ0) is 15.5. The van der Waals surface area contributed by atoms with Crippen LogP contribution < -0.4 is 0 Å². The van der Waals surface area contributed by atoms with Gasteiger partial charge >= 0.3 is 6.18 Å². The quantitative estimate of drug-likeness (QED) is 0.845. The van der Waals surface area contributed by atoms with Crippen LogP contribution in [0.4, 0.5) is 13.2 Å². The van der Waals surface area contributed by atoms with Crippen molar-refractivity contribution in [3.63, 3.8) is 0 Å². The average molecular weight is 297 g/mol. The Hall–Kier alpha value is -1.82. The summed E-state index contributed by atoms with van der Waals surface area (Å²) >= 11 is 0. The molecule has 0 spiro atoms. The van der Waals surface area contributed by atoms with Gasteiger partial charge in [-0.3, -0.25) is 0 Å². The van der Waals surface area contributed by atoms with Crippen LogP contribution in [-0.4, -0.2) is 41.3 Å². The lowest BCUT2D eigenvalue weighted by atomic mass is 10.1. The summed E-state index contributed by atoms with van der Waals surface area (Å²) in [7, 11) is 3.98. The lowest BCUT2D eigenvalue weighted by Gasteiger charge is -2.12. The highest BCUT2D eigenvalue weighted by atomic mass is 19.4. The van der Waals surface area contributed by atoms with Gasteiger partial charge in [-0.05, 0) is 19.7 Å². The molecule has 0 aliphatic carbocycles. The molecule has 1 heterocycles. The molecule has 0 saturated carbocycles. The molecule has 114 valence electrons. The van der Waals surface area contributed by atoms with Crippen LogP contribution in [0.3, 0.4) is 0 Å². The summed E-state index contributed by atoms with van der Waals surface area (Å²) < 4.78 is 39.0. The van der Waals surface area contributed by atoms with Crippen molar-refractivity contribution in [1.29, 1.82) is 0 Å². The van der Waals surface area contributed by atoms with Crippen LogP contribution in [0.2, 0.25) is 0 Å². The molecule has 0 radical (unpaired) electrons. The van der Waals surface area contributed by atoms with E-state index in [-0.39, 0.29) is 5.56 Å². The minimum absolute atomic E-state index is 0.262. The van der Waals surface area contributed by atoms with Gasteiger partial charge in [0.25, 0.3) is 0 Å². The van der Waals surface area contributed by atoms with Crippen molar-refractivity contribution in [2.24, 2.45) is 0 Å². The minimum Gasteiger partial charge on any atom is -0.330 e. The maximum Gasteiger partial charge on any atom is 0.393 e. The molecule has 1 aromatic carbocycles. The summed E-state index contributed by atoms with van der Waals surface area (Å²) in [5, 5.41) is 0. The Kier molecular flexibility index (Phi) is 4.67. The number of rotatable bonds is 5. The van der Waals surface area contributed by atoms with Crippen LogP contribution >= 0.6 is 0 Å². The van der Waals surface area contributed by atoms with Crippen LogP contribution in [-0.2, 0) is 13.0 Å². The normalized spacial score (nSPS) is 12.1. The maximum absolute atomic E-state index is 12.3. The topological polar surface area (TPSA) is 21.1 Å². The van der Waals surface area contributed by atoms with Crippen LogP contribution in [0.15, 0.2) is 36.7 Å². The highest BCUT2D eigenvalue weighted by Gasteiger charge is 2.27. The van der Waals surface area contributed by atoms with Crippen LogP contribution in [0, 0.1) is 0 Å². The largest absolute Gasteiger partial charge is 0.393 e. The molecular weight excluding hydrogens is 279 g/mol. The van der Waals surface area contributed by atoms with Crippen molar-refractivity contribution in [3.8, 4) is 11.4 Å². The number of aromatic nitrogens is 2. The number of likely N-dealkylation sites (N-methyl/N-ethyl adjacent to an activating group) is 1. The van der Waals surface area contributed by atoms with E-state index >= 15 is 0 Å². The Bertz CT molecular complexity index is 571. The van der Waals surface area contributed by atoms with Crippen molar-refractivity contribution < 1.29 is 13.2 Å². The van der Waals surface area contributed by atoms with E-state index in [1.54, 1.807) is 18.3 Å². The van der Waals surface area contributed by atoms with Crippen molar-refractivity contribution in [2.75, 3.05) is 20.6 Å². The number of nitrogens with zero attached hydrogens (tertiary/aromatic N) is 3. The SMILES string of the molecule is CN(C)CCn1ccnc1-c1ccc(CC(F)(F)F)cc1. The molecule has 0 unspecified atom stereocenters. The summed E-state index contributed by atoms with van der Waals surface area (Å²) in [5.74, 6) is 0.774. The van der Waals surface area contributed by atoms with Gasteiger partial charge in [0, 0.05) is 31.0 Å². The summed E-state index contributed by atoms with van der Waals surface area (Å²) in [6, 6.07) is 6.40. The molecule has 0 N–H and O–H groups in total. The first-order valence-electron chi connectivity index (χ1n) is 6.67. The second kappa shape index (κ2) is 6.30. The van der Waals surface area contributed by atoms with E-state index < -0.39 is 12.6 Å². The van der Waals surface area contributed by atoms with E-state index in [2.05, 4.69) is 9.88 Å². The van der Waals surface area contributed by atoms with E-state index in [1.165, 1.54) is 12.1 Å². The summed E-state index contributed by atoms with van der Waals surface area (Å²) in [6.45, 7) is 1.65. The van der Waals surface area contributed by atoms with Gasteiger partial charge in [0.2, 0.25) is 0 Å². The Morgan fingerprint density at radius 3 is 2.38 bits per heavy atom. The summed E-state index contributed by atoms with van der Waals surface area (Å²) in [4.78, 5) is 6.36. The van der Waals surface area contributed by atoms with Gasteiger partial charge in [0.15, 0.2) is 0 Å². The van der Waals surface area contributed by atoms with Crippen molar-refractivity contribution in [3.05, 3.63) is 42.2 Å². The first-order valence-corrected chi connectivity index (χ1v) is 6.67. The average Bonchev–Trinajstić information content (AvgIpc) is 2.83. The molecule has 0 aliphatic rings.